The lowest BCUT2D eigenvalue weighted by molar-refractivity contribution is 0.0949. The standard InChI is InChI=1S/C21H20Cl2N4O4/c1-29-18-7-5-13(19(30-2)20(18)31-3)11-24-25-21(28)17-8-9-27(26-17)12-14-4-6-15(22)10-16(14)23/h4-11H,12H2,1-3H3,(H,25,28)/b24-11-. The molecule has 1 N–H and O–H groups in total. The van der Waals surface area contributed by atoms with Crippen LogP contribution >= 0.6 is 23.2 Å². The molecule has 8 nitrogen and oxygen atoms in total. The molecule has 0 aliphatic rings. The Labute approximate surface area is 189 Å². The topological polar surface area (TPSA) is 87.0 Å². The summed E-state index contributed by atoms with van der Waals surface area (Å²) in [5, 5.41) is 9.33. The van der Waals surface area contributed by atoms with Gasteiger partial charge in [-0.2, -0.15) is 10.2 Å². The Kier molecular flexibility index (Phi) is 7.38. The summed E-state index contributed by atoms with van der Waals surface area (Å²) in [7, 11) is 4.55. The monoisotopic (exact) mass is 462 g/mol. The molecule has 1 aromatic heterocycles. The van der Waals surface area contributed by atoms with Crippen molar-refractivity contribution in [1.29, 1.82) is 0 Å². The Hall–Kier alpha value is -3.23. The third kappa shape index (κ3) is 5.28. The molecule has 0 aliphatic carbocycles. The molecular weight excluding hydrogens is 443 g/mol. The number of ether oxygens (including phenoxy) is 3. The molecule has 0 saturated carbocycles. The van der Waals surface area contributed by atoms with Crippen molar-refractivity contribution in [3.63, 3.8) is 0 Å². The van der Waals surface area contributed by atoms with Crippen molar-refractivity contribution < 1.29 is 19.0 Å². The Bertz CT molecular complexity index is 1110. The first-order chi connectivity index (χ1) is 15.0. The van der Waals surface area contributed by atoms with Crippen molar-refractivity contribution in [2.45, 2.75) is 6.54 Å². The fraction of sp³-hybridized carbons (Fsp3) is 0.190. The van der Waals surface area contributed by atoms with E-state index in [1.807, 2.05) is 6.07 Å². The number of carbonyl (C=O) groups is 1. The van der Waals surface area contributed by atoms with Crippen molar-refractivity contribution >= 4 is 35.3 Å². The van der Waals surface area contributed by atoms with Gasteiger partial charge >= 0.3 is 0 Å². The molecule has 3 rings (SSSR count). The van der Waals surface area contributed by atoms with Crippen molar-refractivity contribution in [2.75, 3.05) is 21.3 Å². The van der Waals surface area contributed by atoms with Crippen molar-refractivity contribution in [3.8, 4) is 17.2 Å². The quantitative estimate of drug-likeness (QED) is 0.403. The first-order valence-corrected chi connectivity index (χ1v) is 9.82. The van der Waals surface area contributed by atoms with E-state index in [-0.39, 0.29) is 5.69 Å². The van der Waals surface area contributed by atoms with E-state index in [0.29, 0.717) is 39.4 Å². The summed E-state index contributed by atoms with van der Waals surface area (Å²) in [6.07, 6.45) is 3.13. The highest BCUT2D eigenvalue weighted by molar-refractivity contribution is 6.35. The van der Waals surface area contributed by atoms with E-state index in [2.05, 4.69) is 15.6 Å². The van der Waals surface area contributed by atoms with Gasteiger partial charge in [0.2, 0.25) is 5.75 Å². The summed E-state index contributed by atoms with van der Waals surface area (Å²) in [4.78, 5) is 12.4. The maximum atomic E-state index is 12.4. The number of hydrazone groups is 1. The number of nitrogens with one attached hydrogen (secondary N) is 1. The van der Waals surface area contributed by atoms with Crippen molar-refractivity contribution in [3.05, 3.63) is 69.5 Å². The van der Waals surface area contributed by atoms with Gasteiger partial charge in [0.1, 0.15) is 0 Å². The van der Waals surface area contributed by atoms with Crippen LogP contribution in [0.15, 0.2) is 47.7 Å². The van der Waals surface area contributed by atoms with Crippen LogP contribution in [0.3, 0.4) is 0 Å². The molecule has 0 radical (unpaired) electrons. The third-order valence-electron chi connectivity index (χ3n) is 4.33. The lowest BCUT2D eigenvalue weighted by Crippen LogP contribution is -2.18. The molecule has 2 aromatic carbocycles. The van der Waals surface area contributed by atoms with E-state index in [0.717, 1.165) is 5.56 Å². The van der Waals surface area contributed by atoms with Crippen molar-refractivity contribution in [2.24, 2.45) is 5.10 Å². The summed E-state index contributed by atoms with van der Waals surface area (Å²) in [5.74, 6) is 0.923. The van der Waals surface area contributed by atoms with Gasteiger partial charge in [-0.1, -0.05) is 29.3 Å². The second-order valence-electron chi connectivity index (χ2n) is 6.26. The Morgan fingerprint density at radius 3 is 2.55 bits per heavy atom. The Morgan fingerprint density at radius 2 is 1.87 bits per heavy atom. The minimum absolute atomic E-state index is 0.210. The first-order valence-electron chi connectivity index (χ1n) is 9.06. The van der Waals surface area contributed by atoms with E-state index in [4.69, 9.17) is 37.4 Å². The molecule has 0 atom stereocenters. The number of halogens is 2. The molecule has 0 aliphatic heterocycles. The van der Waals surface area contributed by atoms with E-state index in [1.165, 1.54) is 27.5 Å². The van der Waals surface area contributed by atoms with Crippen LogP contribution in [0, 0.1) is 0 Å². The van der Waals surface area contributed by atoms with Gasteiger partial charge in [0, 0.05) is 21.8 Å². The van der Waals surface area contributed by atoms with Crippen LogP contribution in [0.1, 0.15) is 21.6 Å². The van der Waals surface area contributed by atoms with Crippen LogP contribution < -0.4 is 19.6 Å². The summed E-state index contributed by atoms with van der Waals surface area (Å²) in [5.41, 5.74) is 4.09. The number of nitrogens with zero attached hydrogens (tertiary/aromatic N) is 3. The van der Waals surface area contributed by atoms with E-state index >= 15 is 0 Å². The number of aromatic nitrogens is 2. The largest absolute Gasteiger partial charge is 0.493 e. The molecule has 0 spiro atoms. The smallest absolute Gasteiger partial charge is 0.291 e. The van der Waals surface area contributed by atoms with E-state index < -0.39 is 5.91 Å². The summed E-state index contributed by atoms with van der Waals surface area (Å²) >= 11 is 12.1. The molecule has 31 heavy (non-hydrogen) atoms. The van der Waals surface area contributed by atoms with Gasteiger partial charge in [-0.15, -0.1) is 0 Å². The second-order valence-corrected chi connectivity index (χ2v) is 7.10. The van der Waals surface area contributed by atoms with Crippen LogP contribution in [0.4, 0.5) is 0 Å². The fourth-order valence-electron chi connectivity index (χ4n) is 2.84. The average Bonchev–Trinajstić information content (AvgIpc) is 3.23. The molecule has 0 fully saturated rings. The number of amides is 1. The zero-order chi connectivity index (χ0) is 22.4. The highest BCUT2D eigenvalue weighted by atomic mass is 35.5. The van der Waals surface area contributed by atoms with Crippen molar-refractivity contribution in [1.82, 2.24) is 15.2 Å². The fourth-order valence-corrected chi connectivity index (χ4v) is 3.31. The van der Waals surface area contributed by atoms with Gasteiger partial charge in [-0.25, -0.2) is 5.43 Å². The molecule has 0 unspecified atom stereocenters. The van der Waals surface area contributed by atoms with Crippen LogP contribution in [-0.4, -0.2) is 43.2 Å². The lowest BCUT2D eigenvalue weighted by atomic mass is 10.2. The molecule has 1 amide bonds. The lowest BCUT2D eigenvalue weighted by Gasteiger charge is -2.13. The average molecular weight is 463 g/mol. The Morgan fingerprint density at radius 1 is 1.10 bits per heavy atom. The van der Waals surface area contributed by atoms with Crippen LogP contribution in [0.25, 0.3) is 0 Å². The molecule has 1 heterocycles. The number of benzene rings is 2. The van der Waals surface area contributed by atoms with Crippen LogP contribution in [0.5, 0.6) is 17.2 Å². The van der Waals surface area contributed by atoms with E-state index in [9.17, 15) is 4.79 Å². The SMILES string of the molecule is COc1ccc(/C=N\NC(=O)c2ccn(Cc3ccc(Cl)cc3Cl)n2)c(OC)c1OC. The number of rotatable bonds is 8. The summed E-state index contributed by atoms with van der Waals surface area (Å²) in [6.45, 7) is 0.398. The first kappa shape index (κ1) is 22.5. The van der Waals surface area contributed by atoms with Gasteiger partial charge in [-0.05, 0) is 35.9 Å². The van der Waals surface area contributed by atoms with Crippen LogP contribution in [-0.2, 0) is 6.54 Å². The van der Waals surface area contributed by atoms with Gasteiger partial charge in [0.05, 0.1) is 34.1 Å². The summed E-state index contributed by atoms with van der Waals surface area (Å²) < 4.78 is 17.6. The zero-order valence-corrected chi connectivity index (χ0v) is 18.6. The molecule has 162 valence electrons. The zero-order valence-electron chi connectivity index (χ0n) is 17.1. The van der Waals surface area contributed by atoms with Crippen LogP contribution in [0.2, 0.25) is 10.0 Å². The van der Waals surface area contributed by atoms with Gasteiger partial charge in [0.15, 0.2) is 17.2 Å². The highest BCUT2D eigenvalue weighted by Gasteiger charge is 2.15. The van der Waals surface area contributed by atoms with Gasteiger partial charge < -0.3 is 14.2 Å². The highest BCUT2D eigenvalue weighted by Crippen LogP contribution is 2.38. The number of hydrogen-bond donors (Lipinski definition) is 1. The molecule has 3 aromatic rings. The normalized spacial score (nSPS) is 10.9. The molecule has 10 heteroatoms. The molecule has 0 bridgehead atoms. The predicted octanol–water partition coefficient (Wildman–Crippen LogP) is 4.03. The Balaban J connectivity index is 1.68. The molecule has 0 saturated heterocycles. The van der Waals surface area contributed by atoms with Gasteiger partial charge in [0.25, 0.3) is 5.91 Å². The molecular formula is C21H20Cl2N4O4. The maximum Gasteiger partial charge on any atom is 0.291 e. The maximum absolute atomic E-state index is 12.4. The second kappa shape index (κ2) is 10.2. The van der Waals surface area contributed by atoms with Gasteiger partial charge in [-0.3, -0.25) is 9.48 Å². The third-order valence-corrected chi connectivity index (χ3v) is 4.91. The number of methoxy groups -OCH3 is 3. The van der Waals surface area contributed by atoms with E-state index in [1.54, 1.807) is 41.2 Å². The minimum Gasteiger partial charge on any atom is -0.493 e. The number of carbonyl (C=O) groups excluding carboxylic acids is 1. The predicted molar refractivity (Wildman–Crippen MR) is 119 cm³/mol. The summed E-state index contributed by atoms with van der Waals surface area (Å²) in [6, 6.07) is 10.3. The minimum atomic E-state index is -0.461. The number of hydrogen-bond acceptors (Lipinski definition) is 6.